The van der Waals surface area contributed by atoms with Crippen molar-refractivity contribution in [3.63, 3.8) is 0 Å². The first-order valence-corrected chi connectivity index (χ1v) is 10.6. The van der Waals surface area contributed by atoms with Gasteiger partial charge in [-0.2, -0.15) is 5.26 Å². The summed E-state index contributed by atoms with van der Waals surface area (Å²) in [4.78, 5) is 26.9. The SMILES string of the molecule is Cc1ccccc1OCCCC(=O)N1CSCC1C(=O)Nc1ccc(C#N)cc1. The Bertz CT molecular complexity index is 908. The zero-order valence-corrected chi connectivity index (χ0v) is 17.1. The number of para-hydroxylation sites is 1. The van der Waals surface area contributed by atoms with Crippen molar-refractivity contribution in [3.8, 4) is 11.8 Å². The zero-order chi connectivity index (χ0) is 20.6. The van der Waals surface area contributed by atoms with Gasteiger partial charge in [0.2, 0.25) is 11.8 Å². The molecule has 29 heavy (non-hydrogen) atoms. The molecule has 1 saturated heterocycles. The van der Waals surface area contributed by atoms with Gasteiger partial charge in [-0.05, 0) is 49.2 Å². The number of hydrogen-bond acceptors (Lipinski definition) is 5. The van der Waals surface area contributed by atoms with E-state index in [4.69, 9.17) is 10.00 Å². The number of carbonyl (C=O) groups excluding carboxylic acids is 2. The van der Waals surface area contributed by atoms with Crippen molar-refractivity contribution in [2.75, 3.05) is 23.6 Å². The van der Waals surface area contributed by atoms with Crippen LogP contribution in [0.15, 0.2) is 48.5 Å². The first kappa shape index (κ1) is 20.7. The van der Waals surface area contributed by atoms with Crippen molar-refractivity contribution in [2.45, 2.75) is 25.8 Å². The molecule has 1 fully saturated rings. The standard InChI is InChI=1S/C22H23N3O3S/c1-16-5-2-3-6-20(16)28-12-4-7-21(26)25-15-29-14-19(25)22(27)24-18-10-8-17(13-23)9-11-18/h2-3,5-6,8-11,19H,4,7,12,14-15H2,1H3,(H,24,27). The molecule has 0 aromatic heterocycles. The number of aryl methyl sites for hydroxylation is 1. The lowest BCUT2D eigenvalue weighted by Gasteiger charge is -2.23. The van der Waals surface area contributed by atoms with Crippen LogP contribution in [-0.4, -0.2) is 41.0 Å². The van der Waals surface area contributed by atoms with Crippen molar-refractivity contribution in [1.29, 1.82) is 5.26 Å². The van der Waals surface area contributed by atoms with Gasteiger partial charge < -0.3 is 15.0 Å². The van der Waals surface area contributed by atoms with Crippen LogP contribution >= 0.6 is 11.8 Å². The molecule has 0 saturated carbocycles. The fraction of sp³-hybridized carbons (Fsp3) is 0.318. The predicted molar refractivity (Wildman–Crippen MR) is 114 cm³/mol. The van der Waals surface area contributed by atoms with Crippen molar-refractivity contribution >= 4 is 29.3 Å². The summed E-state index contributed by atoms with van der Waals surface area (Å²) in [5, 5.41) is 11.7. The number of carbonyl (C=O) groups is 2. The minimum absolute atomic E-state index is 0.0386. The molecule has 0 aliphatic carbocycles. The van der Waals surface area contributed by atoms with E-state index in [1.54, 1.807) is 40.9 Å². The molecule has 0 bridgehead atoms. The molecule has 6 nitrogen and oxygen atoms in total. The van der Waals surface area contributed by atoms with Crippen molar-refractivity contribution in [2.24, 2.45) is 0 Å². The second-order valence-electron chi connectivity index (χ2n) is 6.78. The number of nitrogens with zero attached hydrogens (tertiary/aromatic N) is 2. The van der Waals surface area contributed by atoms with Crippen LogP contribution in [0.25, 0.3) is 0 Å². The third-order valence-electron chi connectivity index (χ3n) is 4.67. The summed E-state index contributed by atoms with van der Waals surface area (Å²) in [5.41, 5.74) is 2.21. The average molecular weight is 410 g/mol. The quantitative estimate of drug-likeness (QED) is 0.707. The van der Waals surface area contributed by atoms with Crippen LogP contribution in [0.2, 0.25) is 0 Å². The Labute approximate surface area is 174 Å². The molecule has 7 heteroatoms. The van der Waals surface area contributed by atoms with Gasteiger partial charge in [0.15, 0.2) is 0 Å². The number of amides is 2. The first-order valence-electron chi connectivity index (χ1n) is 9.45. The molecule has 1 heterocycles. The summed E-state index contributed by atoms with van der Waals surface area (Å²) < 4.78 is 5.74. The number of nitrogens with one attached hydrogen (secondary N) is 1. The van der Waals surface area contributed by atoms with Crippen LogP contribution in [-0.2, 0) is 9.59 Å². The average Bonchev–Trinajstić information content (AvgIpc) is 3.23. The van der Waals surface area contributed by atoms with Crippen LogP contribution in [0.4, 0.5) is 5.69 Å². The summed E-state index contributed by atoms with van der Waals surface area (Å²) >= 11 is 1.57. The van der Waals surface area contributed by atoms with Gasteiger partial charge in [0.1, 0.15) is 11.8 Å². The van der Waals surface area contributed by atoms with Crippen molar-refractivity contribution in [3.05, 3.63) is 59.7 Å². The van der Waals surface area contributed by atoms with Crippen molar-refractivity contribution in [1.82, 2.24) is 4.90 Å². The molecule has 1 N–H and O–H groups in total. The van der Waals surface area contributed by atoms with Gasteiger partial charge in [-0.25, -0.2) is 0 Å². The molecule has 150 valence electrons. The van der Waals surface area contributed by atoms with Gasteiger partial charge in [-0.1, -0.05) is 18.2 Å². The van der Waals surface area contributed by atoms with Crippen LogP contribution in [0.3, 0.4) is 0 Å². The molecule has 0 radical (unpaired) electrons. The van der Waals surface area contributed by atoms with Gasteiger partial charge in [-0.3, -0.25) is 9.59 Å². The highest BCUT2D eigenvalue weighted by molar-refractivity contribution is 7.99. The van der Waals surface area contributed by atoms with E-state index in [9.17, 15) is 9.59 Å². The minimum atomic E-state index is -0.486. The Balaban J connectivity index is 1.48. The normalized spacial score (nSPS) is 15.6. The molecule has 2 aromatic carbocycles. The number of hydrogen-bond donors (Lipinski definition) is 1. The summed E-state index contributed by atoms with van der Waals surface area (Å²) in [7, 11) is 0. The van der Waals surface area contributed by atoms with E-state index in [0.29, 0.717) is 42.3 Å². The first-order chi connectivity index (χ1) is 14.1. The maximum Gasteiger partial charge on any atom is 0.248 e. The Hall–Kier alpha value is -2.98. The van der Waals surface area contributed by atoms with E-state index in [1.165, 1.54) is 0 Å². The molecule has 3 rings (SSSR count). The highest BCUT2D eigenvalue weighted by atomic mass is 32.2. The number of anilines is 1. The molecule has 1 unspecified atom stereocenters. The second-order valence-corrected chi connectivity index (χ2v) is 7.77. The van der Waals surface area contributed by atoms with Gasteiger partial charge in [-0.15, -0.1) is 11.8 Å². The van der Waals surface area contributed by atoms with Gasteiger partial charge >= 0.3 is 0 Å². The number of ether oxygens (including phenoxy) is 1. The highest BCUT2D eigenvalue weighted by Gasteiger charge is 2.34. The van der Waals surface area contributed by atoms with Gasteiger partial charge in [0.05, 0.1) is 24.1 Å². The topological polar surface area (TPSA) is 82.4 Å². The lowest BCUT2D eigenvalue weighted by molar-refractivity contribution is -0.136. The third-order valence-corrected chi connectivity index (χ3v) is 5.69. The van der Waals surface area contributed by atoms with E-state index >= 15 is 0 Å². The molecule has 2 aromatic rings. The highest BCUT2D eigenvalue weighted by Crippen LogP contribution is 2.24. The minimum Gasteiger partial charge on any atom is -0.493 e. The largest absolute Gasteiger partial charge is 0.493 e. The molecule has 2 amide bonds. The summed E-state index contributed by atoms with van der Waals surface area (Å²) in [6, 6.07) is 16.0. The maximum absolute atomic E-state index is 12.6. The Morgan fingerprint density at radius 1 is 1.24 bits per heavy atom. The predicted octanol–water partition coefficient (Wildman–Crippen LogP) is 3.57. The van der Waals surface area contributed by atoms with Crippen LogP contribution in [0.5, 0.6) is 5.75 Å². The maximum atomic E-state index is 12.6. The number of benzene rings is 2. The molecule has 1 aliphatic heterocycles. The smallest absolute Gasteiger partial charge is 0.248 e. The second kappa shape index (κ2) is 9.99. The Morgan fingerprint density at radius 2 is 2.00 bits per heavy atom. The third kappa shape index (κ3) is 5.52. The molecule has 0 spiro atoms. The number of thioether (sulfide) groups is 1. The zero-order valence-electron chi connectivity index (χ0n) is 16.3. The van der Waals surface area contributed by atoms with Crippen LogP contribution in [0.1, 0.15) is 24.0 Å². The summed E-state index contributed by atoms with van der Waals surface area (Å²) in [6.45, 7) is 2.44. The molecule has 1 aliphatic rings. The van der Waals surface area contributed by atoms with E-state index in [1.807, 2.05) is 37.3 Å². The van der Waals surface area contributed by atoms with Crippen LogP contribution < -0.4 is 10.1 Å². The lowest BCUT2D eigenvalue weighted by atomic mass is 10.2. The molecular formula is C22H23N3O3S. The van der Waals surface area contributed by atoms with E-state index in [2.05, 4.69) is 5.32 Å². The van der Waals surface area contributed by atoms with E-state index in [-0.39, 0.29) is 11.8 Å². The van der Waals surface area contributed by atoms with E-state index in [0.717, 1.165) is 11.3 Å². The summed E-state index contributed by atoms with van der Waals surface area (Å²) in [5.74, 6) is 1.68. The van der Waals surface area contributed by atoms with Gasteiger partial charge in [0, 0.05) is 17.9 Å². The van der Waals surface area contributed by atoms with E-state index < -0.39 is 6.04 Å². The lowest BCUT2D eigenvalue weighted by Crippen LogP contribution is -2.44. The Morgan fingerprint density at radius 3 is 2.72 bits per heavy atom. The monoisotopic (exact) mass is 409 g/mol. The summed E-state index contributed by atoms with van der Waals surface area (Å²) in [6.07, 6.45) is 0.936. The number of nitriles is 1. The Kier molecular flexibility index (Phi) is 7.14. The number of rotatable bonds is 7. The van der Waals surface area contributed by atoms with Crippen LogP contribution in [0, 0.1) is 18.3 Å². The molecular weight excluding hydrogens is 386 g/mol. The van der Waals surface area contributed by atoms with Crippen molar-refractivity contribution < 1.29 is 14.3 Å². The fourth-order valence-electron chi connectivity index (χ4n) is 3.03. The van der Waals surface area contributed by atoms with Gasteiger partial charge in [0.25, 0.3) is 0 Å². The molecule has 1 atom stereocenters. The fourth-order valence-corrected chi connectivity index (χ4v) is 4.21.